The number of ether oxygens (including phenoxy) is 1. The molecule has 0 bridgehead atoms. The number of anilines is 1. The SMILES string of the molecule is Cc1noc([C@@H]2CC[C@H](CNc3nnc(C)c(C)c3C#N)O2)n1. The van der Waals surface area contributed by atoms with Crippen molar-refractivity contribution in [3.8, 4) is 6.07 Å². The van der Waals surface area contributed by atoms with E-state index in [2.05, 4.69) is 31.7 Å². The Hall–Kier alpha value is -2.53. The first-order valence-corrected chi connectivity index (χ1v) is 7.52. The normalized spacial score (nSPS) is 20.4. The number of nitrogens with zero attached hydrogens (tertiary/aromatic N) is 5. The van der Waals surface area contributed by atoms with E-state index in [1.807, 2.05) is 13.8 Å². The molecule has 8 nitrogen and oxygen atoms in total. The van der Waals surface area contributed by atoms with E-state index in [9.17, 15) is 5.26 Å². The fourth-order valence-electron chi connectivity index (χ4n) is 2.56. The number of nitriles is 1. The highest BCUT2D eigenvalue weighted by Gasteiger charge is 2.30. The standard InChI is InChI=1S/C15H18N6O2/c1-8-9(2)19-20-14(12(8)6-16)17-7-11-4-5-13(22-11)15-18-10(3)21-23-15/h11,13H,4-5,7H2,1-3H3,(H,17,20)/t11-,13+/m1/s1. The van der Waals surface area contributed by atoms with Crippen LogP contribution in [0.2, 0.25) is 0 Å². The van der Waals surface area contributed by atoms with Gasteiger partial charge < -0.3 is 14.6 Å². The van der Waals surface area contributed by atoms with Gasteiger partial charge in [-0.3, -0.25) is 0 Å². The zero-order valence-corrected chi connectivity index (χ0v) is 13.3. The first-order chi connectivity index (χ1) is 11.1. The van der Waals surface area contributed by atoms with Gasteiger partial charge in [0.15, 0.2) is 11.6 Å². The fraction of sp³-hybridized carbons (Fsp3) is 0.533. The van der Waals surface area contributed by atoms with Crippen molar-refractivity contribution in [2.75, 3.05) is 11.9 Å². The summed E-state index contributed by atoms with van der Waals surface area (Å²) in [6.07, 6.45) is 1.54. The Kier molecular flexibility index (Phi) is 4.21. The fourth-order valence-corrected chi connectivity index (χ4v) is 2.56. The molecule has 1 fully saturated rings. The van der Waals surface area contributed by atoms with Gasteiger partial charge in [-0.05, 0) is 39.2 Å². The first-order valence-electron chi connectivity index (χ1n) is 7.52. The van der Waals surface area contributed by atoms with E-state index < -0.39 is 0 Å². The van der Waals surface area contributed by atoms with Crippen molar-refractivity contribution in [2.45, 2.75) is 45.8 Å². The number of hydrogen-bond donors (Lipinski definition) is 1. The first kappa shape index (κ1) is 15.4. The minimum absolute atomic E-state index is 0.00200. The van der Waals surface area contributed by atoms with Crippen molar-refractivity contribution in [3.05, 3.63) is 28.5 Å². The molecule has 1 N–H and O–H groups in total. The lowest BCUT2D eigenvalue weighted by molar-refractivity contribution is 0.0326. The number of nitrogens with one attached hydrogen (secondary N) is 1. The van der Waals surface area contributed by atoms with E-state index in [0.29, 0.717) is 29.6 Å². The van der Waals surface area contributed by atoms with Gasteiger partial charge in [-0.1, -0.05) is 5.16 Å². The average molecular weight is 314 g/mol. The average Bonchev–Trinajstić information content (AvgIpc) is 3.17. The van der Waals surface area contributed by atoms with Gasteiger partial charge in [-0.25, -0.2) is 0 Å². The lowest BCUT2D eigenvalue weighted by Gasteiger charge is -2.14. The monoisotopic (exact) mass is 314 g/mol. The van der Waals surface area contributed by atoms with E-state index in [1.165, 1.54) is 0 Å². The Balaban J connectivity index is 1.62. The summed E-state index contributed by atoms with van der Waals surface area (Å²) in [5.41, 5.74) is 2.13. The lowest BCUT2D eigenvalue weighted by Crippen LogP contribution is -2.20. The molecule has 1 saturated heterocycles. The summed E-state index contributed by atoms with van der Waals surface area (Å²) in [6.45, 7) is 6.04. The molecule has 0 unspecified atom stereocenters. The highest BCUT2D eigenvalue weighted by atomic mass is 16.5. The molecule has 2 aromatic heterocycles. The second-order valence-corrected chi connectivity index (χ2v) is 5.63. The summed E-state index contributed by atoms with van der Waals surface area (Å²) < 4.78 is 11.1. The third-order valence-electron chi connectivity index (χ3n) is 3.99. The van der Waals surface area contributed by atoms with Crippen molar-refractivity contribution in [1.29, 1.82) is 5.26 Å². The van der Waals surface area contributed by atoms with Crippen LogP contribution in [0, 0.1) is 32.1 Å². The Bertz CT molecular complexity index is 751. The van der Waals surface area contributed by atoms with Crippen LogP contribution in [0.4, 0.5) is 5.82 Å². The van der Waals surface area contributed by atoms with Gasteiger partial charge >= 0.3 is 0 Å². The molecule has 0 saturated carbocycles. The minimum atomic E-state index is -0.163. The topological polar surface area (TPSA) is 110 Å². The van der Waals surface area contributed by atoms with E-state index in [-0.39, 0.29) is 12.2 Å². The molecule has 0 spiro atoms. The Morgan fingerprint density at radius 1 is 1.26 bits per heavy atom. The molecule has 3 rings (SSSR count). The van der Waals surface area contributed by atoms with Gasteiger partial charge in [0.2, 0.25) is 0 Å². The molecule has 0 amide bonds. The Labute approximate surface area is 133 Å². The molecule has 0 aromatic carbocycles. The third-order valence-corrected chi connectivity index (χ3v) is 3.99. The van der Waals surface area contributed by atoms with Crippen LogP contribution in [0.15, 0.2) is 4.52 Å². The molecule has 120 valence electrons. The zero-order valence-electron chi connectivity index (χ0n) is 13.3. The van der Waals surface area contributed by atoms with Gasteiger partial charge in [-0.2, -0.15) is 15.3 Å². The van der Waals surface area contributed by atoms with Gasteiger partial charge in [0.05, 0.1) is 11.8 Å². The smallest absolute Gasteiger partial charge is 0.255 e. The maximum atomic E-state index is 9.29. The number of rotatable bonds is 4. The third kappa shape index (κ3) is 3.14. The van der Waals surface area contributed by atoms with Crippen LogP contribution in [0.3, 0.4) is 0 Å². The van der Waals surface area contributed by atoms with Crippen LogP contribution in [0.1, 0.15) is 47.5 Å². The van der Waals surface area contributed by atoms with Crippen LogP contribution >= 0.6 is 0 Å². The molecule has 2 atom stereocenters. The van der Waals surface area contributed by atoms with Crippen molar-refractivity contribution in [1.82, 2.24) is 20.3 Å². The second kappa shape index (κ2) is 6.30. The summed E-state index contributed by atoms with van der Waals surface area (Å²) in [6, 6.07) is 2.18. The van der Waals surface area contributed by atoms with Gasteiger partial charge in [0, 0.05) is 6.54 Å². The van der Waals surface area contributed by atoms with Crippen LogP contribution in [-0.4, -0.2) is 33.0 Å². The van der Waals surface area contributed by atoms with Crippen molar-refractivity contribution in [2.24, 2.45) is 0 Å². The largest absolute Gasteiger partial charge is 0.365 e. The predicted octanol–water partition coefficient (Wildman–Crippen LogP) is 1.99. The van der Waals surface area contributed by atoms with Crippen molar-refractivity contribution in [3.63, 3.8) is 0 Å². The molecule has 2 aromatic rings. The summed E-state index contributed by atoms with van der Waals surface area (Å²) >= 11 is 0. The van der Waals surface area contributed by atoms with Crippen LogP contribution < -0.4 is 5.32 Å². The number of aryl methyl sites for hydroxylation is 2. The maximum Gasteiger partial charge on any atom is 0.255 e. The molecule has 1 aliphatic heterocycles. The Morgan fingerprint density at radius 3 is 2.78 bits per heavy atom. The molecule has 0 radical (unpaired) electrons. The predicted molar refractivity (Wildman–Crippen MR) is 80.6 cm³/mol. The van der Waals surface area contributed by atoms with Crippen molar-refractivity contribution < 1.29 is 9.26 Å². The summed E-state index contributed by atoms with van der Waals surface area (Å²) in [7, 11) is 0. The number of hydrogen-bond acceptors (Lipinski definition) is 8. The number of aromatic nitrogens is 4. The van der Waals surface area contributed by atoms with Crippen molar-refractivity contribution >= 4 is 5.82 Å². The molecule has 3 heterocycles. The lowest BCUT2D eigenvalue weighted by atomic mass is 10.1. The summed E-state index contributed by atoms with van der Waals surface area (Å²) in [4.78, 5) is 4.21. The molecule has 1 aliphatic rings. The highest BCUT2D eigenvalue weighted by molar-refractivity contribution is 5.55. The van der Waals surface area contributed by atoms with E-state index in [1.54, 1.807) is 6.92 Å². The summed E-state index contributed by atoms with van der Waals surface area (Å²) in [5, 5.41) is 24.4. The second-order valence-electron chi connectivity index (χ2n) is 5.63. The van der Waals surface area contributed by atoms with Crippen LogP contribution in [0.5, 0.6) is 0 Å². The maximum absolute atomic E-state index is 9.29. The van der Waals surface area contributed by atoms with E-state index in [0.717, 1.165) is 24.1 Å². The molecule has 8 heteroatoms. The quantitative estimate of drug-likeness (QED) is 0.912. The summed E-state index contributed by atoms with van der Waals surface area (Å²) in [5.74, 6) is 1.62. The zero-order chi connectivity index (χ0) is 16.4. The van der Waals surface area contributed by atoms with E-state index >= 15 is 0 Å². The van der Waals surface area contributed by atoms with Gasteiger partial charge in [0.1, 0.15) is 17.7 Å². The molecular formula is C15H18N6O2. The van der Waals surface area contributed by atoms with Crippen LogP contribution in [0.25, 0.3) is 0 Å². The molecular weight excluding hydrogens is 296 g/mol. The Morgan fingerprint density at radius 2 is 2.09 bits per heavy atom. The van der Waals surface area contributed by atoms with Crippen LogP contribution in [-0.2, 0) is 4.74 Å². The molecule has 23 heavy (non-hydrogen) atoms. The molecule has 0 aliphatic carbocycles. The van der Waals surface area contributed by atoms with E-state index in [4.69, 9.17) is 9.26 Å². The minimum Gasteiger partial charge on any atom is -0.365 e. The van der Waals surface area contributed by atoms with Gasteiger partial charge in [-0.15, -0.1) is 5.10 Å². The van der Waals surface area contributed by atoms with Gasteiger partial charge in [0.25, 0.3) is 5.89 Å². The highest BCUT2D eigenvalue weighted by Crippen LogP contribution is 2.31.